The summed E-state index contributed by atoms with van der Waals surface area (Å²) in [5, 5.41) is -0.587. The molecular weight excluding hydrogens is 437 g/mol. The standard InChI is InChI=1S/C30H61NO2P/c1-6-8-9-10-11-12-13-14-15-16-17-18-19-20-21-22-23-24-25-26-27-29-30(28-7-2,34(32)33)31(3,4)5/h6,8H,7,9-29H2,1-5H3/q+1/b8-6-. The van der Waals surface area contributed by atoms with Crippen LogP contribution in [0.1, 0.15) is 155 Å². The van der Waals surface area contributed by atoms with Crippen LogP contribution in [0.4, 0.5) is 0 Å². The molecule has 34 heavy (non-hydrogen) atoms. The van der Waals surface area contributed by atoms with E-state index in [9.17, 15) is 9.46 Å². The highest BCUT2D eigenvalue weighted by atomic mass is 31.1. The normalized spacial score (nSPS) is 14.6. The molecule has 0 bridgehead atoms. The Labute approximate surface area is 215 Å². The van der Waals surface area contributed by atoms with Crippen molar-refractivity contribution >= 4 is 8.03 Å². The van der Waals surface area contributed by atoms with Crippen LogP contribution in [-0.2, 0) is 4.57 Å². The lowest BCUT2D eigenvalue weighted by Crippen LogP contribution is -2.55. The molecule has 0 aromatic rings. The molecule has 0 saturated carbocycles. The van der Waals surface area contributed by atoms with Gasteiger partial charge in [0, 0.05) is 12.8 Å². The molecule has 0 heterocycles. The Balaban J connectivity index is 3.50. The minimum absolute atomic E-state index is 0.525. The van der Waals surface area contributed by atoms with Gasteiger partial charge in [-0.25, -0.2) is 0 Å². The van der Waals surface area contributed by atoms with Crippen molar-refractivity contribution < 1.29 is 13.9 Å². The van der Waals surface area contributed by atoms with Crippen molar-refractivity contribution in [1.29, 1.82) is 0 Å². The van der Waals surface area contributed by atoms with E-state index in [1.54, 1.807) is 0 Å². The molecule has 0 N–H and O–H groups in total. The van der Waals surface area contributed by atoms with Gasteiger partial charge in [-0.1, -0.05) is 126 Å². The van der Waals surface area contributed by atoms with E-state index in [1.807, 2.05) is 21.1 Å². The van der Waals surface area contributed by atoms with E-state index >= 15 is 0 Å². The topological polar surface area (TPSA) is 40.1 Å². The van der Waals surface area contributed by atoms with Gasteiger partial charge in [0.15, 0.2) is 0 Å². The molecule has 4 heteroatoms. The van der Waals surface area contributed by atoms with Crippen LogP contribution in [-0.4, -0.2) is 30.9 Å². The molecular formula is C30H61NO2P+. The fraction of sp³-hybridized carbons (Fsp3) is 0.933. The predicted octanol–water partition coefficient (Wildman–Crippen LogP) is 9.67. The molecule has 2 unspecified atom stereocenters. The van der Waals surface area contributed by atoms with Gasteiger partial charge >= 0.3 is 8.03 Å². The number of allylic oxidation sites excluding steroid dienone is 2. The minimum atomic E-state index is -2.42. The number of rotatable bonds is 25. The maximum absolute atomic E-state index is 12.1. The summed E-state index contributed by atoms with van der Waals surface area (Å²) in [5.74, 6) is 0. The SMILES string of the molecule is C/C=C\CCCCCCCCCCCCCCCCCCCCC(CCC)([P+](=O)[O-])[N+](C)(C)C. The first-order valence-corrected chi connectivity index (χ1v) is 16.1. The number of quaternary nitrogens is 1. The van der Waals surface area contributed by atoms with Gasteiger partial charge in [-0.05, 0) is 32.6 Å². The van der Waals surface area contributed by atoms with Crippen molar-refractivity contribution in [3.63, 3.8) is 0 Å². The summed E-state index contributed by atoms with van der Waals surface area (Å²) in [6.07, 6.45) is 32.7. The van der Waals surface area contributed by atoms with Crippen molar-refractivity contribution in [2.45, 2.75) is 160 Å². The van der Waals surface area contributed by atoms with Crippen molar-refractivity contribution in [1.82, 2.24) is 0 Å². The molecule has 0 aromatic carbocycles. The van der Waals surface area contributed by atoms with Crippen LogP contribution < -0.4 is 4.89 Å². The summed E-state index contributed by atoms with van der Waals surface area (Å²) in [6, 6.07) is 0. The average molecular weight is 499 g/mol. The minimum Gasteiger partial charge on any atom is -0.590 e. The van der Waals surface area contributed by atoms with E-state index in [0.717, 1.165) is 25.7 Å². The van der Waals surface area contributed by atoms with Gasteiger partial charge in [-0.15, -0.1) is 0 Å². The van der Waals surface area contributed by atoms with Gasteiger partial charge in [0.2, 0.25) is 0 Å². The summed E-state index contributed by atoms with van der Waals surface area (Å²) in [4.78, 5) is 12.1. The third-order valence-corrected chi connectivity index (χ3v) is 9.40. The second-order valence-corrected chi connectivity index (χ2v) is 12.8. The molecule has 0 aliphatic heterocycles. The van der Waals surface area contributed by atoms with E-state index < -0.39 is 13.3 Å². The van der Waals surface area contributed by atoms with Crippen LogP contribution in [0.3, 0.4) is 0 Å². The van der Waals surface area contributed by atoms with Crippen LogP contribution in [0.15, 0.2) is 12.2 Å². The quantitative estimate of drug-likeness (QED) is 0.0544. The second kappa shape index (κ2) is 22.0. The maximum atomic E-state index is 12.1. The van der Waals surface area contributed by atoms with Gasteiger partial charge in [0.25, 0.3) is 5.28 Å². The van der Waals surface area contributed by atoms with Crippen LogP contribution in [0.2, 0.25) is 0 Å². The van der Waals surface area contributed by atoms with Gasteiger partial charge < -0.3 is 4.89 Å². The van der Waals surface area contributed by atoms with Crippen molar-refractivity contribution in [2.24, 2.45) is 0 Å². The zero-order valence-corrected chi connectivity index (χ0v) is 24.8. The summed E-state index contributed by atoms with van der Waals surface area (Å²) < 4.78 is 12.6. The third-order valence-electron chi connectivity index (χ3n) is 7.67. The summed E-state index contributed by atoms with van der Waals surface area (Å²) in [7, 11) is 3.70. The van der Waals surface area contributed by atoms with Gasteiger partial charge in [-0.3, -0.25) is 4.48 Å². The molecule has 2 atom stereocenters. The van der Waals surface area contributed by atoms with Gasteiger partial charge in [0.05, 0.1) is 21.1 Å². The van der Waals surface area contributed by atoms with Crippen LogP contribution in [0.5, 0.6) is 0 Å². The van der Waals surface area contributed by atoms with E-state index in [2.05, 4.69) is 26.0 Å². The Hall–Kier alpha value is -0.240. The highest BCUT2D eigenvalue weighted by molar-refractivity contribution is 7.38. The molecule has 3 nitrogen and oxygen atoms in total. The zero-order chi connectivity index (χ0) is 25.5. The Morgan fingerprint density at radius 1 is 0.647 bits per heavy atom. The first-order valence-electron chi connectivity index (χ1n) is 14.9. The van der Waals surface area contributed by atoms with E-state index in [-0.39, 0.29) is 0 Å². The number of hydrogen-bond acceptors (Lipinski definition) is 2. The predicted molar refractivity (Wildman–Crippen MR) is 150 cm³/mol. The first-order chi connectivity index (χ1) is 16.3. The van der Waals surface area contributed by atoms with Crippen LogP contribution >= 0.6 is 8.03 Å². The van der Waals surface area contributed by atoms with Gasteiger partial charge in [0.1, 0.15) is 0 Å². The summed E-state index contributed by atoms with van der Waals surface area (Å²) in [6.45, 7) is 4.21. The van der Waals surface area contributed by atoms with Gasteiger partial charge in [-0.2, -0.15) is 0 Å². The Bertz CT molecular complexity index is 501. The molecule has 202 valence electrons. The molecule has 0 saturated heterocycles. The number of unbranched alkanes of at least 4 members (excludes halogenated alkanes) is 18. The molecule has 0 rings (SSSR count). The van der Waals surface area contributed by atoms with Crippen molar-refractivity contribution in [2.75, 3.05) is 21.1 Å². The Kier molecular flexibility index (Phi) is 21.8. The second-order valence-electron chi connectivity index (χ2n) is 11.5. The fourth-order valence-corrected chi connectivity index (χ4v) is 6.53. The molecule has 0 fully saturated rings. The third kappa shape index (κ3) is 16.4. The molecule has 0 aromatic heterocycles. The molecule has 0 aliphatic carbocycles. The Morgan fingerprint density at radius 2 is 1.00 bits per heavy atom. The fourth-order valence-electron chi connectivity index (χ4n) is 5.29. The van der Waals surface area contributed by atoms with E-state index in [4.69, 9.17) is 0 Å². The summed E-state index contributed by atoms with van der Waals surface area (Å²) >= 11 is 0. The molecule has 0 spiro atoms. The number of hydrogen-bond donors (Lipinski definition) is 0. The smallest absolute Gasteiger partial charge is 0.376 e. The lowest BCUT2D eigenvalue weighted by molar-refractivity contribution is -0.910. The highest BCUT2D eigenvalue weighted by Gasteiger charge is 2.53. The summed E-state index contributed by atoms with van der Waals surface area (Å²) in [5.41, 5.74) is 0. The Morgan fingerprint density at radius 3 is 1.29 bits per heavy atom. The lowest BCUT2D eigenvalue weighted by atomic mass is 9.99. The van der Waals surface area contributed by atoms with Crippen LogP contribution in [0, 0.1) is 0 Å². The largest absolute Gasteiger partial charge is 0.590 e. The zero-order valence-electron chi connectivity index (χ0n) is 23.9. The monoisotopic (exact) mass is 498 g/mol. The maximum Gasteiger partial charge on any atom is 0.376 e. The highest BCUT2D eigenvalue weighted by Crippen LogP contribution is 2.45. The number of nitrogens with zero attached hydrogens (tertiary/aromatic N) is 1. The van der Waals surface area contributed by atoms with Crippen molar-refractivity contribution in [3.8, 4) is 0 Å². The van der Waals surface area contributed by atoms with E-state index in [1.165, 1.54) is 116 Å². The lowest BCUT2D eigenvalue weighted by Gasteiger charge is -2.39. The van der Waals surface area contributed by atoms with Crippen molar-refractivity contribution in [3.05, 3.63) is 12.2 Å². The average Bonchev–Trinajstić information content (AvgIpc) is 2.78. The molecule has 0 radical (unpaired) electrons. The molecule has 0 aliphatic rings. The molecule has 0 amide bonds. The first kappa shape index (κ1) is 33.8. The van der Waals surface area contributed by atoms with E-state index in [0.29, 0.717) is 4.48 Å². The van der Waals surface area contributed by atoms with Crippen LogP contribution in [0.25, 0.3) is 0 Å².